The summed E-state index contributed by atoms with van der Waals surface area (Å²) >= 11 is 0. The summed E-state index contributed by atoms with van der Waals surface area (Å²) in [7, 11) is 0. The van der Waals surface area contributed by atoms with Gasteiger partial charge >= 0.3 is 17.1 Å². The zero-order chi connectivity index (χ0) is 11.6. The van der Waals surface area contributed by atoms with Gasteiger partial charge in [0.05, 0.1) is 0 Å². The van der Waals surface area contributed by atoms with Crippen LogP contribution >= 0.6 is 0 Å². The first kappa shape index (κ1) is 15.9. The largest absolute Gasteiger partial charge is 2.00 e. The number of ketones is 1. The Bertz CT molecular complexity index is 342. The maximum atomic E-state index is 10.6. The van der Waals surface area contributed by atoms with Gasteiger partial charge in [0, 0.05) is 6.42 Å². The van der Waals surface area contributed by atoms with Crippen molar-refractivity contribution in [1.29, 1.82) is 0 Å². The van der Waals surface area contributed by atoms with E-state index in [2.05, 4.69) is 12.1 Å². The molecule has 2 aromatic rings. The summed E-state index contributed by atoms with van der Waals surface area (Å²) in [6.45, 7) is 1.64. The van der Waals surface area contributed by atoms with Crippen LogP contribution in [0.4, 0.5) is 0 Å². The fraction of sp³-hybridized carbons (Fsp3) is 0.267. The summed E-state index contributed by atoms with van der Waals surface area (Å²) in [5.41, 5.74) is 1.34. The fourth-order valence-corrected chi connectivity index (χ4v) is 1.44. The minimum Gasteiger partial charge on any atom is -0.300 e. The van der Waals surface area contributed by atoms with Gasteiger partial charge in [0.25, 0.3) is 0 Å². The Morgan fingerprint density at radius 1 is 1.18 bits per heavy atom. The van der Waals surface area contributed by atoms with Crippen LogP contribution in [0, 0.1) is 0 Å². The van der Waals surface area contributed by atoms with E-state index < -0.39 is 0 Å². The van der Waals surface area contributed by atoms with E-state index in [-0.39, 0.29) is 22.9 Å². The summed E-state index contributed by atoms with van der Waals surface area (Å²) in [4.78, 5) is 10.6. The Labute approximate surface area is 114 Å². The van der Waals surface area contributed by atoms with E-state index in [1.807, 2.05) is 42.5 Å². The average Bonchev–Trinajstić information content (AvgIpc) is 2.93. The SMILES string of the molecule is CC(=O)CCCc1ccc[cH-]1.[Fe+2].c1cc[cH-]c1. The smallest absolute Gasteiger partial charge is 0.300 e. The molecule has 2 rings (SSSR count). The number of carbonyl (C=O) groups is 1. The quantitative estimate of drug-likeness (QED) is 0.611. The third-order valence-corrected chi connectivity index (χ3v) is 2.28. The van der Waals surface area contributed by atoms with Crippen molar-refractivity contribution in [1.82, 2.24) is 0 Å². The molecule has 92 valence electrons. The number of aryl methyl sites for hydroxylation is 1. The van der Waals surface area contributed by atoms with Crippen molar-refractivity contribution in [3.05, 3.63) is 60.2 Å². The van der Waals surface area contributed by atoms with Crippen LogP contribution in [0.2, 0.25) is 0 Å². The molecule has 0 fully saturated rings. The van der Waals surface area contributed by atoms with Crippen molar-refractivity contribution in [3.63, 3.8) is 0 Å². The summed E-state index contributed by atoms with van der Waals surface area (Å²) in [5, 5.41) is 0. The van der Waals surface area contributed by atoms with E-state index in [4.69, 9.17) is 0 Å². The van der Waals surface area contributed by atoms with Gasteiger partial charge in [0.2, 0.25) is 0 Å². The number of rotatable bonds is 4. The molecule has 1 nitrogen and oxygen atoms in total. The van der Waals surface area contributed by atoms with Crippen LogP contribution < -0.4 is 0 Å². The molecule has 0 amide bonds. The zero-order valence-electron chi connectivity index (χ0n) is 10.1. The van der Waals surface area contributed by atoms with Gasteiger partial charge in [0.15, 0.2) is 0 Å². The Hall–Kier alpha value is -1.11. The Balaban J connectivity index is 0.000000360. The monoisotopic (exact) mass is 270 g/mol. The van der Waals surface area contributed by atoms with Gasteiger partial charge in [-0.1, -0.05) is 6.42 Å². The second-order valence-electron chi connectivity index (χ2n) is 3.81. The molecule has 17 heavy (non-hydrogen) atoms. The number of carbonyl (C=O) groups excluding carboxylic acids is 1. The molecule has 0 saturated heterocycles. The van der Waals surface area contributed by atoms with Crippen LogP contribution in [-0.2, 0) is 28.3 Å². The van der Waals surface area contributed by atoms with Crippen LogP contribution in [0.15, 0.2) is 54.6 Å². The van der Waals surface area contributed by atoms with Crippen LogP contribution in [0.5, 0.6) is 0 Å². The van der Waals surface area contributed by atoms with Gasteiger partial charge in [-0.05, 0) is 13.3 Å². The second-order valence-corrected chi connectivity index (χ2v) is 3.81. The van der Waals surface area contributed by atoms with Gasteiger partial charge in [-0.25, -0.2) is 24.3 Å². The Morgan fingerprint density at radius 2 is 1.88 bits per heavy atom. The third kappa shape index (κ3) is 8.67. The topological polar surface area (TPSA) is 17.1 Å². The molecule has 0 aliphatic rings. The number of hydrogen-bond acceptors (Lipinski definition) is 1. The van der Waals surface area contributed by atoms with Crippen molar-refractivity contribution in [2.75, 3.05) is 0 Å². The molecule has 2 heteroatoms. The van der Waals surface area contributed by atoms with Crippen molar-refractivity contribution in [2.24, 2.45) is 0 Å². The fourth-order valence-electron chi connectivity index (χ4n) is 1.44. The second kappa shape index (κ2) is 10.1. The number of Topliss-reactive ketones (excluding diaryl/α,β-unsaturated/α-hetero) is 1. The van der Waals surface area contributed by atoms with Gasteiger partial charge in [-0.2, -0.15) is 35.9 Å². The van der Waals surface area contributed by atoms with E-state index >= 15 is 0 Å². The zero-order valence-corrected chi connectivity index (χ0v) is 11.2. The minimum absolute atomic E-state index is 0. The van der Waals surface area contributed by atoms with Gasteiger partial charge in [-0.3, -0.25) is 0 Å². The summed E-state index contributed by atoms with van der Waals surface area (Å²) in [6, 6.07) is 18.3. The molecule has 0 bridgehead atoms. The van der Waals surface area contributed by atoms with Gasteiger partial charge < -0.3 is 4.79 Å². The normalized spacial score (nSPS) is 8.76. The van der Waals surface area contributed by atoms with Crippen LogP contribution in [-0.4, -0.2) is 5.78 Å². The molecule has 0 N–H and O–H groups in total. The average molecular weight is 270 g/mol. The number of hydrogen-bond donors (Lipinski definition) is 0. The van der Waals surface area contributed by atoms with Crippen LogP contribution in [0.3, 0.4) is 0 Å². The third-order valence-electron chi connectivity index (χ3n) is 2.28. The predicted octanol–water partition coefficient (Wildman–Crippen LogP) is 3.72. The molecule has 0 spiro atoms. The van der Waals surface area contributed by atoms with Crippen molar-refractivity contribution < 1.29 is 21.9 Å². The van der Waals surface area contributed by atoms with E-state index in [0.29, 0.717) is 6.42 Å². The molecular formula is C15H18FeO. The molecule has 0 aromatic heterocycles. The molecule has 0 saturated carbocycles. The first-order valence-electron chi connectivity index (χ1n) is 5.66. The van der Waals surface area contributed by atoms with Crippen molar-refractivity contribution >= 4 is 5.78 Å². The van der Waals surface area contributed by atoms with Crippen molar-refractivity contribution in [2.45, 2.75) is 26.2 Å². The molecule has 0 aliphatic heterocycles. The van der Waals surface area contributed by atoms with E-state index in [9.17, 15) is 4.79 Å². The van der Waals surface area contributed by atoms with Gasteiger partial charge in [-0.15, -0.1) is 0 Å². The standard InChI is InChI=1S/C10H13O.C5H5.Fe/c1-9(11)5-4-8-10-6-2-3-7-10;1-2-4-5-3-1;/h2-3,6-7H,4-5,8H2,1H3;1-5H;/q2*-1;+2. The van der Waals surface area contributed by atoms with E-state index in [0.717, 1.165) is 12.8 Å². The summed E-state index contributed by atoms with van der Waals surface area (Å²) < 4.78 is 0. The van der Waals surface area contributed by atoms with Gasteiger partial charge in [0.1, 0.15) is 5.78 Å². The Kier molecular flexibility index (Phi) is 9.41. The molecule has 0 atom stereocenters. The molecule has 0 unspecified atom stereocenters. The molecule has 2 aromatic carbocycles. The maximum absolute atomic E-state index is 10.6. The van der Waals surface area contributed by atoms with E-state index in [1.54, 1.807) is 6.92 Å². The minimum atomic E-state index is 0. The van der Waals surface area contributed by atoms with Crippen LogP contribution in [0.25, 0.3) is 0 Å². The van der Waals surface area contributed by atoms with Crippen LogP contribution in [0.1, 0.15) is 25.3 Å². The summed E-state index contributed by atoms with van der Waals surface area (Å²) in [5.74, 6) is 0.288. The maximum Gasteiger partial charge on any atom is 2.00 e. The van der Waals surface area contributed by atoms with E-state index in [1.165, 1.54) is 5.56 Å². The molecule has 0 heterocycles. The summed E-state index contributed by atoms with van der Waals surface area (Å²) in [6.07, 6.45) is 2.73. The first-order valence-corrected chi connectivity index (χ1v) is 5.66. The molecule has 0 aliphatic carbocycles. The molecular weight excluding hydrogens is 252 g/mol. The Morgan fingerprint density at radius 3 is 2.29 bits per heavy atom. The van der Waals surface area contributed by atoms with Crippen molar-refractivity contribution in [3.8, 4) is 0 Å². The first-order chi connectivity index (χ1) is 7.79. The molecule has 0 radical (unpaired) electrons. The predicted molar refractivity (Wildman–Crippen MR) is 67.7 cm³/mol.